The Kier molecular flexibility index (Phi) is 5.60. The molecule has 2 aromatic heterocycles. The lowest BCUT2D eigenvalue weighted by Gasteiger charge is -2.15. The quantitative estimate of drug-likeness (QED) is 0.796. The molecule has 120 valence electrons. The molecule has 0 aliphatic heterocycles. The second-order valence-corrected chi connectivity index (χ2v) is 5.79. The van der Waals surface area contributed by atoms with E-state index in [0.717, 1.165) is 24.4 Å². The molecule has 0 aliphatic rings. The third-order valence-corrected chi connectivity index (χ3v) is 3.72. The largest absolute Gasteiger partial charge is 0.354 e. The predicted octanol–water partition coefficient (Wildman–Crippen LogP) is 2.51. The van der Waals surface area contributed by atoms with Crippen molar-refractivity contribution in [1.82, 2.24) is 24.9 Å². The van der Waals surface area contributed by atoms with Gasteiger partial charge in [0, 0.05) is 25.0 Å². The summed E-state index contributed by atoms with van der Waals surface area (Å²) >= 11 is 5.85. The summed E-state index contributed by atoms with van der Waals surface area (Å²) in [6.07, 6.45) is 4.72. The molecule has 1 N–H and O–H groups in total. The third-order valence-electron chi connectivity index (χ3n) is 3.53. The summed E-state index contributed by atoms with van der Waals surface area (Å²) in [7, 11) is 0. The van der Waals surface area contributed by atoms with Gasteiger partial charge in [-0.15, -0.1) is 0 Å². The normalized spacial score (nSPS) is 12.4. The average molecular weight is 324 g/mol. The van der Waals surface area contributed by atoms with Crippen LogP contribution in [0, 0.1) is 13.8 Å². The van der Waals surface area contributed by atoms with Crippen molar-refractivity contribution in [3.05, 3.63) is 34.9 Å². The molecule has 1 unspecified atom stereocenters. The zero-order valence-electron chi connectivity index (χ0n) is 13.2. The highest BCUT2D eigenvalue weighted by atomic mass is 35.5. The number of carbonyl (C=O) groups excluding carboxylic acids is 1. The Morgan fingerprint density at radius 2 is 2.23 bits per heavy atom. The molecule has 2 heterocycles. The summed E-state index contributed by atoms with van der Waals surface area (Å²) in [6.45, 7) is 7.38. The predicted molar refractivity (Wildman–Crippen MR) is 85.9 cm³/mol. The molecule has 2 rings (SSSR count). The maximum atomic E-state index is 12.2. The topological polar surface area (TPSA) is 64.7 Å². The molecule has 0 spiro atoms. The zero-order valence-corrected chi connectivity index (χ0v) is 14.0. The molecule has 0 radical (unpaired) electrons. The van der Waals surface area contributed by atoms with Gasteiger partial charge in [0.15, 0.2) is 0 Å². The number of hydrogen-bond acceptors (Lipinski definition) is 3. The number of nitrogens with one attached hydrogen (secondary N) is 1. The van der Waals surface area contributed by atoms with Crippen LogP contribution in [0.5, 0.6) is 0 Å². The molecule has 1 amide bonds. The second-order valence-electron chi connectivity index (χ2n) is 5.36. The first kappa shape index (κ1) is 16.5. The van der Waals surface area contributed by atoms with E-state index in [4.69, 9.17) is 11.6 Å². The molecule has 0 aliphatic carbocycles. The molecule has 2 aromatic rings. The first-order valence-corrected chi connectivity index (χ1v) is 7.87. The molecule has 0 saturated heterocycles. The number of rotatable bonds is 7. The van der Waals surface area contributed by atoms with Gasteiger partial charge in [-0.25, -0.2) is 0 Å². The van der Waals surface area contributed by atoms with Crippen LogP contribution in [0.4, 0.5) is 0 Å². The van der Waals surface area contributed by atoms with Crippen molar-refractivity contribution in [2.75, 3.05) is 6.54 Å². The van der Waals surface area contributed by atoms with Crippen LogP contribution in [0.25, 0.3) is 0 Å². The van der Waals surface area contributed by atoms with E-state index in [0.29, 0.717) is 18.0 Å². The zero-order chi connectivity index (χ0) is 16.1. The fourth-order valence-electron chi connectivity index (χ4n) is 2.44. The van der Waals surface area contributed by atoms with E-state index < -0.39 is 0 Å². The maximum absolute atomic E-state index is 12.2. The van der Waals surface area contributed by atoms with E-state index in [-0.39, 0.29) is 11.9 Å². The Morgan fingerprint density at radius 3 is 2.77 bits per heavy atom. The summed E-state index contributed by atoms with van der Waals surface area (Å²) in [5, 5.41) is 12.0. The van der Waals surface area contributed by atoms with E-state index in [1.807, 2.05) is 31.5 Å². The lowest BCUT2D eigenvalue weighted by atomic mass is 10.2. The van der Waals surface area contributed by atoms with Crippen LogP contribution in [0.2, 0.25) is 5.02 Å². The van der Waals surface area contributed by atoms with Crippen molar-refractivity contribution < 1.29 is 4.79 Å². The van der Waals surface area contributed by atoms with Gasteiger partial charge < -0.3 is 5.32 Å². The van der Waals surface area contributed by atoms with E-state index in [2.05, 4.69) is 15.5 Å². The van der Waals surface area contributed by atoms with Gasteiger partial charge in [0.25, 0.3) is 0 Å². The Hall–Kier alpha value is -1.82. The first-order valence-electron chi connectivity index (χ1n) is 7.49. The van der Waals surface area contributed by atoms with E-state index >= 15 is 0 Å². The minimum atomic E-state index is -0.318. The summed E-state index contributed by atoms with van der Waals surface area (Å²) in [5.74, 6) is -0.0318. The van der Waals surface area contributed by atoms with Crippen LogP contribution >= 0.6 is 11.6 Å². The molecule has 22 heavy (non-hydrogen) atoms. The van der Waals surface area contributed by atoms with Crippen molar-refractivity contribution in [2.45, 2.75) is 46.2 Å². The highest BCUT2D eigenvalue weighted by Crippen LogP contribution is 2.14. The minimum absolute atomic E-state index is 0.0318. The number of amides is 1. The number of aryl methyl sites for hydroxylation is 3. The van der Waals surface area contributed by atoms with Crippen LogP contribution in [0.1, 0.15) is 37.2 Å². The summed E-state index contributed by atoms with van der Waals surface area (Å²) in [6, 6.07) is 1.73. The van der Waals surface area contributed by atoms with Crippen molar-refractivity contribution >= 4 is 17.5 Å². The van der Waals surface area contributed by atoms with Gasteiger partial charge in [0.05, 0.1) is 16.9 Å². The lowest BCUT2D eigenvalue weighted by Crippen LogP contribution is -2.33. The number of carbonyl (C=O) groups is 1. The number of halogens is 1. The molecule has 6 nitrogen and oxygen atoms in total. The van der Waals surface area contributed by atoms with Crippen molar-refractivity contribution in [3.8, 4) is 0 Å². The molecular formula is C15H22ClN5O. The molecular weight excluding hydrogens is 302 g/mol. The van der Waals surface area contributed by atoms with Crippen molar-refractivity contribution in [1.29, 1.82) is 0 Å². The minimum Gasteiger partial charge on any atom is -0.354 e. The van der Waals surface area contributed by atoms with Gasteiger partial charge in [0.1, 0.15) is 6.04 Å². The van der Waals surface area contributed by atoms with Gasteiger partial charge in [-0.2, -0.15) is 10.2 Å². The average Bonchev–Trinajstić information content (AvgIpc) is 3.02. The SMILES string of the molecule is CCC(C(=O)NCCCn1nc(C)cc1C)n1cc(Cl)cn1. The maximum Gasteiger partial charge on any atom is 0.244 e. The molecule has 0 saturated carbocycles. The van der Waals surface area contributed by atoms with E-state index in [9.17, 15) is 4.79 Å². The molecule has 7 heteroatoms. The van der Waals surface area contributed by atoms with Gasteiger partial charge in [-0.1, -0.05) is 18.5 Å². The van der Waals surface area contributed by atoms with Crippen molar-refractivity contribution in [3.63, 3.8) is 0 Å². The lowest BCUT2D eigenvalue weighted by molar-refractivity contribution is -0.124. The van der Waals surface area contributed by atoms with E-state index in [1.165, 1.54) is 0 Å². The van der Waals surface area contributed by atoms with Crippen LogP contribution in [0.15, 0.2) is 18.5 Å². The fraction of sp³-hybridized carbons (Fsp3) is 0.533. The fourth-order valence-corrected chi connectivity index (χ4v) is 2.58. The monoisotopic (exact) mass is 323 g/mol. The number of nitrogens with zero attached hydrogens (tertiary/aromatic N) is 4. The van der Waals surface area contributed by atoms with Gasteiger partial charge in [-0.05, 0) is 32.8 Å². The Morgan fingerprint density at radius 1 is 1.45 bits per heavy atom. The molecule has 0 bridgehead atoms. The number of hydrogen-bond donors (Lipinski definition) is 1. The third kappa shape index (κ3) is 4.10. The summed E-state index contributed by atoms with van der Waals surface area (Å²) in [5.41, 5.74) is 2.16. The summed E-state index contributed by atoms with van der Waals surface area (Å²) in [4.78, 5) is 12.2. The van der Waals surface area contributed by atoms with Crippen molar-refractivity contribution in [2.24, 2.45) is 0 Å². The first-order chi connectivity index (χ1) is 10.5. The second kappa shape index (κ2) is 7.45. The molecule has 0 aromatic carbocycles. The summed E-state index contributed by atoms with van der Waals surface area (Å²) < 4.78 is 3.57. The highest BCUT2D eigenvalue weighted by molar-refractivity contribution is 6.30. The highest BCUT2D eigenvalue weighted by Gasteiger charge is 2.18. The Labute approximate surface area is 135 Å². The van der Waals surface area contributed by atoms with Gasteiger partial charge in [0.2, 0.25) is 5.91 Å². The van der Waals surface area contributed by atoms with Crippen LogP contribution in [-0.2, 0) is 11.3 Å². The molecule has 1 atom stereocenters. The van der Waals surface area contributed by atoms with Crippen LogP contribution < -0.4 is 5.32 Å². The van der Waals surface area contributed by atoms with E-state index in [1.54, 1.807) is 17.1 Å². The Bertz CT molecular complexity index is 634. The van der Waals surface area contributed by atoms with Crippen LogP contribution in [-0.4, -0.2) is 32.0 Å². The smallest absolute Gasteiger partial charge is 0.244 e. The van der Waals surface area contributed by atoms with Gasteiger partial charge in [-0.3, -0.25) is 14.2 Å². The molecule has 0 fully saturated rings. The number of aromatic nitrogens is 4. The Balaban J connectivity index is 1.80. The standard InChI is InChI=1S/C15H22ClN5O/c1-4-14(21-10-13(16)9-18-21)15(22)17-6-5-7-20-12(3)8-11(2)19-20/h8-10,14H,4-7H2,1-3H3,(H,17,22). The van der Waals surface area contributed by atoms with Gasteiger partial charge >= 0.3 is 0 Å². The van der Waals surface area contributed by atoms with Crippen LogP contribution in [0.3, 0.4) is 0 Å².